The maximum atomic E-state index is 12.5. The Hall–Kier alpha value is -2.14. The van der Waals surface area contributed by atoms with Gasteiger partial charge in [-0.05, 0) is 36.8 Å². The molecular weight excluding hydrogens is 360 g/mol. The molecule has 0 radical (unpaired) electrons. The Morgan fingerprint density at radius 1 is 1.04 bits per heavy atom. The summed E-state index contributed by atoms with van der Waals surface area (Å²) in [7, 11) is 0. The monoisotopic (exact) mass is 376 g/mol. The third-order valence-electron chi connectivity index (χ3n) is 3.08. The van der Waals surface area contributed by atoms with Crippen LogP contribution in [0.25, 0.3) is 0 Å². The quantitative estimate of drug-likeness (QED) is 0.547. The number of carbonyl (C=O) groups is 2. The molecule has 0 bridgehead atoms. The topological polar surface area (TPSA) is 52.6 Å². The summed E-state index contributed by atoms with van der Waals surface area (Å²) in [6, 6.07) is 16.1. The van der Waals surface area contributed by atoms with Gasteiger partial charge in [0.15, 0.2) is 5.78 Å². The van der Waals surface area contributed by atoms with E-state index in [1.165, 1.54) is 0 Å². The summed E-state index contributed by atoms with van der Waals surface area (Å²) >= 11 is 3.34. The summed E-state index contributed by atoms with van der Waals surface area (Å²) in [6.07, 6.45) is -1.16. The number of ketones is 1. The minimum absolute atomic E-state index is 0.101. The van der Waals surface area contributed by atoms with E-state index in [2.05, 4.69) is 15.9 Å². The van der Waals surface area contributed by atoms with Gasteiger partial charge in [-0.3, -0.25) is 4.79 Å². The largest absolute Gasteiger partial charge is 0.471 e. The van der Waals surface area contributed by atoms with E-state index >= 15 is 0 Å². The van der Waals surface area contributed by atoms with Gasteiger partial charge in [0.2, 0.25) is 0 Å². The molecule has 23 heavy (non-hydrogen) atoms. The van der Waals surface area contributed by atoms with Crippen LogP contribution in [-0.4, -0.2) is 24.5 Å². The molecule has 0 aliphatic heterocycles. The van der Waals surface area contributed by atoms with E-state index in [0.717, 1.165) is 10.0 Å². The van der Waals surface area contributed by atoms with Gasteiger partial charge in [-0.1, -0.05) is 46.3 Å². The molecule has 1 atom stereocenters. The molecule has 0 aliphatic carbocycles. The Morgan fingerprint density at radius 2 is 1.70 bits per heavy atom. The molecule has 0 fully saturated rings. The van der Waals surface area contributed by atoms with Gasteiger partial charge in [0, 0.05) is 10.9 Å². The molecule has 0 amide bonds. The number of hydrogen-bond acceptors (Lipinski definition) is 4. The highest BCUT2D eigenvalue weighted by Gasteiger charge is 2.30. The molecule has 0 spiro atoms. The SMILES string of the molecule is CCOC(=O)C(Oc1ccccc1)C(=O)Cc1ccc(Br)cc1. The molecule has 4 nitrogen and oxygen atoms in total. The van der Waals surface area contributed by atoms with E-state index in [1.54, 1.807) is 31.2 Å². The molecule has 5 heteroatoms. The highest BCUT2D eigenvalue weighted by molar-refractivity contribution is 9.10. The Kier molecular flexibility index (Phi) is 6.35. The van der Waals surface area contributed by atoms with Gasteiger partial charge < -0.3 is 9.47 Å². The lowest BCUT2D eigenvalue weighted by atomic mass is 10.1. The third kappa shape index (κ3) is 5.21. The van der Waals surface area contributed by atoms with E-state index in [9.17, 15) is 9.59 Å². The third-order valence-corrected chi connectivity index (χ3v) is 3.61. The number of ether oxygens (including phenoxy) is 2. The standard InChI is InChI=1S/C18H17BrO4/c1-2-22-18(21)17(23-15-6-4-3-5-7-15)16(20)12-13-8-10-14(19)11-9-13/h3-11,17H,2,12H2,1H3. The average molecular weight is 377 g/mol. The van der Waals surface area contributed by atoms with Crippen LogP contribution in [0.4, 0.5) is 0 Å². The highest BCUT2D eigenvalue weighted by atomic mass is 79.9. The second-order valence-corrected chi connectivity index (χ2v) is 5.75. The molecule has 0 saturated carbocycles. The van der Waals surface area contributed by atoms with Gasteiger partial charge in [-0.25, -0.2) is 4.79 Å². The van der Waals surface area contributed by atoms with Crippen LogP contribution in [0.15, 0.2) is 59.1 Å². The lowest BCUT2D eigenvalue weighted by Gasteiger charge is -2.16. The van der Waals surface area contributed by atoms with E-state index in [0.29, 0.717) is 5.75 Å². The molecule has 0 aromatic heterocycles. The number of rotatable bonds is 7. The number of para-hydroxylation sites is 1. The fourth-order valence-electron chi connectivity index (χ4n) is 1.99. The molecular formula is C18H17BrO4. The van der Waals surface area contributed by atoms with Crippen molar-refractivity contribution < 1.29 is 19.1 Å². The zero-order valence-electron chi connectivity index (χ0n) is 12.7. The van der Waals surface area contributed by atoms with Crippen LogP contribution in [0, 0.1) is 0 Å². The fourth-order valence-corrected chi connectivity index (χ4v) is 2.26. The van der Waals surface area contributed by atoms with E-state index in [4.69, 9.17) is 9.47 Å². The van der Waals surface area contributed by atoms with Crippen LogP contribution in [-0.2, 0) is 20.7 Å². The first-order valence-electron chi connectivity index (χ1n) is 7.25. The van der Waals surface area contributed by atoms with Crippen LogP contribution in [0.2, 0.25) is 0 Å². The second-order valence-electron chi connectivity index (χ2n) is 4.83. The molecule has 0 saturated heterocycles. The van der Waals surface area contributed by atoms with Gasteiger partial charge in [0.1, 0.15) is 5.75 Å². The smallest absolute Gasteiger partial charge is 0.355 e. The molecule has 2 rings (SSSR count). The van der Waals surface area contributed by atoms with Crippen LogP contribution in [0.3, 0.4) is 0 Å². The minimum atomic E-state index is -1.26. The van der Waals surface area contributed by atoms with E-state index in [-0.39, 0.29) is 18.8 Å². The van der Waals surface area contributed by atoms with Crippen LogP contribution in [0.1, 0.15) is 12.5 Å². The maximum Gasteiger partial charge on any atom is 0.355 e. The Balaban J connectivity index is 2.13. The molecule has 0 heterocycles. The van der Waals surface area contributed by atoms with Crippen LogP contribution < -0.4 is 4.74 Å². The maximum absolute atomic E-state index is 12.5. The fraction of sp³-hybridized carbons (Fsp3) is 0.222. The van der Waals surface area contributed by atoms with Crippen molar-refractivity contribution in [1.29, 1.82) is 0 Å². The number of hydrogen-bond donors (Lipinski definition) is 0. The van der Waals surface area contributed by atoms with E-state index < -0.39 is 12.1 Å². The zero-order chi connectivity index (χ0) is 16.7. The van der Waals surface area contributed by atoms with Crippen LogP contribution in [0.5, 0.6) is 5.75 Å². The zero-order valence-corrected chi connectivity index (χ0v) is 14.3. The van der Waals surface area contributed by atoms with Crippen molar-refractivity contribution in [1.82, 2.24) is 0 Å². The summed E-state index contributed by atoms with van der Waals surface area (Å²) in [4.78, 5) is 24.5. The van der Waals surface area contributed by atoms with E-state index in [1.807, 2.05) is 30.3 Å². The number of benzene rings is 2. The Bertz CT molecular complexity index is 652. The Morgan fingerprint density at radius 3 is 2.30 bits per heavy atom. The second kappa shape index (κ2) is 8.48. The van der Waals surface area contributed by atoms with Crippen molar-refractivity contribution in [2.45, 2.75) is 19.4 Å². The minimum Gasteiger partial charge on any atom is -0.471 e. The summed E-state index contributed by atoms with van der Waals surface area (Å²) in [6.45, 7) is 1.88. The normalized spacial score (nSPS) is 11.6. The van der Waals surface area contributed by atoms with Crippen LogP contribution >= 0.6 is 15.9 Å². The summed E-state index contributed by atoms with van der Waals surface area (Å²) in [5.41, 5.74) is 0.809. The molecule has 0 aliphatic rings. The molecule has 120 valence electrons. The molecule has 1 unspecified atom stereocenters. The summed E-state index contributed by atoms with van der Waals surface area (Å²) < 4.78 is 11.4. The van der Waals surface area contributed by atoms with Crippen molar-refractivity contribution in [3.63, 3.8) is 0 Å². The van der Waals surface area contributed by atoms with Crippen molar-refractivity contribution in [3.8, 4) is 5.75 Å². The number of halogens is 1. The lowest BCUT2D eigenvalue weighted by molar-refractivity contribution is -0.155. The van der Waals surface area contributed by atoms with Gasteiger partial charge in [0.05, 0.1) is 6.61 Å². The van der Waals surface area contributed by atoms with Gasteiger partial charge in [-0.2, -0.15) is 0 Å². The predicted molar refractivity (Wildman–Crippen MR) is 90.3 cm³/mol. The number of carbonyl (C=O) groups excluding carboxylic acids is 2. The highest BCUT2D eigenvalue weighted by Crippen LogP contribution is 2.15. The molecule has 2 aromatic rings. The molecule has 2 aromatic carbocycles. The van der Waals surface area contributed by atoms with Gasteiger partial charge in [0.25, 0.3) is 6.10 Å². The van der Waals surface area contributed by atoms with Crippen molar-refractivity contribution >= 4 is 27.7 Å². The average Bonchev–Trinajstić information content (AvgIpc) is 2.56. The first kappa shape index (κ1) is 17.2. The van der Waals surface area contributed by atoms with Gasteiger partial charge in [-0.15, -0.1) is 0 Å². The Labute approximate surface area is 143 Å². The van der Waals surface area contributed by atoms with Crippen molar-refractivity contribution in [2.75, 3.05) is 6.61 Å². The lowest BCUT2D eigenvalue weighted by Crippen LogP contribution is -2.38. The molecule has 0 N–H and O–H groups in total. The first-order valence-corrected chi connectivity index (χ1v) is 8.05. The number of esters is 1. The summed E-state index contributed by atoms with van der Waals surface area (Å²) in [5, 5.41) is 0. The first-order chi connectivity index (χ1) is 11.1. The predicted octanol–water partition coefficient (Wildman–Crippen LogP) is 3.57. The summed E-state index contributed by atoms with van der Waals surface area (Å²) in [5.74, 6) is -0.553. The number of Topliss-reactive ketones (excluding diaryl/α,β-unsaturated/α-hetero) is 1. The van der Waals surface area contributed by atoms with Gasteiger partial charge >= 0.3 is 5.97 Å². The van der Waals surface area contributed by atoms with Crippen molar-refractivity contribution in [2.24, 2.45) is 0 Å². The van der Waals surface area contributed by atoms with Crippen molar-refractivity contribution in [3.05, 3.63) is 64.6 Å².